The van der Waals surface area contributed by atoms with Crippen molar-refractivity contribution in [3.05, 3.63) is 28.2 Å². The molecular formula is C12H14BrF2NO. The summed E-state index contributed by atoms with van der Waals surface area (Å²) in [6, 6.07) is 2.23. The molecule has 0 unspecified atom stereocenters. The highest BCUT2D eigenvalue weighted by Gasteiger charge is 2.18. The summed E-state index contributed by atoms with van der Waals surface area (Å²) in [5, 5.41) is 2.30. The zero-order valence-corrected chi connectivity index (χ0v) is 11.3. The summed E-state index contributed by atoms with van der Waals surface area (Å²) < 4.78 is 27.2. The SMILES string of the molecule is CCC(CC)C(=O)Nc1c(F)cc(Br)cc1F. The monoisotopic (exact) mass is 305 g/mol. The smallest absolute Gasteiger partial charge is 0.227 e. The predicted molar refractivity (Wildman–Crippen MR) is 66.8 cm³/mol. The molecule has 0 radical (unpaired) electrons. The van der Waals surface area contributed by atoms with Gasteiger partial charge in [0.25, 0.3) is 0 Å². The van der Waals surface area contributed by atoms with E-state index in [0.717, 1.165) is 12.1 Å². The molecule has 0 fully saturated rings. The van der Waals surface area contributed by atoms with Crippen LogP contribution >= 0.6 is 15.9 Å². The van der Waals surface area contributed by atoms with Crippen LogP contribution in [0.2, 0.25) is 0 Å². The van der Waals surface area contributed by atoms with Crippen LogP contribution in [-0.2, 0) is 4.79 Å². The second-order valence-corrected chi connectivity index (χ2v) is 4.66. The topological polar surface area (TPSA) is 29.1 Å². The Morgan fingerprint density at radius 1 is 1.29 bits per heavy atom. The van der Waals surface area contributed by atoms with Gasteiger partial charge in [-0.1, -0.05) is 29.8 Å². The van der Waals surface area contributed by atoms with Gasteiger partial charge in [-0.25, -0.2) is 8.78 Å². The number of hydrogen-bond acceptors (Lipinski definition) is 1. The first-order chi connectivity index (χ1) is 7.99. The van der Waals surface area contributed by atoms with Crippen LogP contribution < -0.4 is 5.32 Å². The highest BCUT2D eigenvalue weighted by Crippen LogP contribution is 2.24. The molecule has 0 saturated heterocycles. The number of benzene rings is 1. The van der Waals surface area contributed by atoms with Crippen molar-refractivity contribution in [3.8, 4) is 0 Å². The second kappa shape index (κ2) is 6.10. The number of nitrogens with one attached hydrogen (secondary N) is 1. The number of amides is 1. The van der Waals surface area contributed by atoms with Gasteiger partial charge < -0.3 is 5.32 Å². The van der Waals surface area contributed by atoms with Crippen molar-refractivity contribution < 1.29 is 13.6 Å². The van der Waals surface area contributed by atoms with Crippen LogP contribution in [0.3, 0.4) is 0 Å². The average Bonchev–Trinajstić information content (AvgIpc) is 2.25. The molecule has 0 aliphatic heterocycles. The quantitative estimate of drug-likeness (QED) is 0.891. The summed E-state index contributed by atoms with van der Waals surface area (Å²) in [5.74, 6) is -2.14. The third-order valence-electron chi connectivity index (χ3n) is 2.61. The van der Waals surface area contributed by atoms with Crippen molar-refractivity contribution in [2.75, 3.05) is 5.32 Å². The summed E-state index contributed by atoms with van der Waals surface area (Å²) in [6.45, 7) is 3.73. The molecule has 0 aromatic heterocycles. The van der Waals surface area contributed by atoms with E-state index >= 15 is 0 Å². The number of carbonyl (C=O) groups excluding carboxylic acids is 1. The average molecular weight is 306 g/mol. The maximum Gasteiger partial charge on any atom is 0.227 e. The Bertz CT molecular complexity index is 396. The third kappa shape index (κ3) is 3.49. The van der Waals surface area contributed by atoms with E-state index in [2.05, 4.69) is 21.2 Å². The molecule has 0 saturated carbocycles. The molecule has 1 aromatic rings. The number of carbonyl (C=O) groups is 1. The molecule has 5 heteroatoms. The standard InChI is InChI=1S/C12H14BrF2NO/c1-3-7(4-2)12(17)16-11-9(14)5-8(13)6-10(11)15/h5-7H,3-4H2,1-2H3,(H,16,17). The summed E-state index contributed by atoms with van der Waals surface area (Å²) in [5.41, 5.74) is -0.384. The van der Waals surface area contributed by atoms with Crippen LogP contribution in [0, 0.1) is 17.6 Å². The lowest BCUT2D eigenvalue weighted by Crippen LogP contribution is -2.22. The predicted octanol–water partition coefficient (Wildman–Crippen LogP) is 4.10. The molecule has 1 aromatic carbocycles. The normalized spacial score (nSPS) is 10.7. The molecule has 0 aliphatic rings. The van der Waals surface area contributed by atoms with Gasteiger partial charge in [0.15, 0.2) is 11.6 Å². The Labute approximate surface area is 108 Å². The van der Waals surface area contributed by atoms with Crippen molar-refractivity contribution in [3.63, 3.8) is 0 Å². The van der Waals surface area contributed by atoms with Crippen LogP contribution in [0.1, 0.15) is 26.7 Å². The number of anilines is 1. The molecule has 0 spiro atoms. The molecule has 94 valence electrons. The number of rotatable bonds is 4. The Kier molecular flexibility index (Phi) is 5.05. The Morgan fingerprint density at radius 2 is 1.76 bits per heavy atom. The van der Waals surface area contributed by atoms with Crippen LogP contribution in [0.25, 0.3) is 0 Å². The third-order valence-corrected chi connectivity index (χ3v) is 3.07. The van der Waals surface area contributed by atoms with E-state index in [-0.39, 0.29) is 17.5 Å². The van der Waals surface area contributed by atoms with E-state index in [4.69, 9.17) is 0 Å². The Balaban J connectivity index is 2.92. The molecule has 1 N–H and O–H groups in total. The fraction of sp³-hybridized carbons (Fsp3) is 0.417. The fourth-order valence-corrected chi connectivity index (χ4v) is 1.95. The van der Waals surface area contributed by atoms with Gasteiger partial charge in [-0.05, 0) is 25.0 Å². The summed E-state index contributed by atoms with van der Waals surface area (Å²) in [6.07, 6.45) is 1.28. The van der Waals surface area contributed by atoms with Gasteiger partial charge in [0, 0.05) is 10.4 Å². The van der Waals surface area contributed by atoms with Crippen molar-refractivity contribution in [2.45, 2.75) is 26.7 Å². The van der Waals surface area contributed by atoms with Crippen LogP contribution in [0.4, 0.5) is 14.5 Å². The van der Waals surface area contributed by atoms with E-state index < -0.39 is 11.6 Å². The van der Waals surface area contributed by atoms with Gasteiger partial charge >= 0.3 is 0 Å². The van der Waals surface area contributed by atoms with Gasteiger partial charge in [0.2, 0.25) is 5.91 Å². The molecule has 2 nitrogen and oxygen atoms in total. The second-order valence-electron chi connectivity index (χ2n) is 3.75. The maximum atomic E-state index is 13.5. The maximum absolute atomic E-state index is 13.5. The van der Waals surface area contributed by atoms with Crippen LogP contribution in [0.5, 0.6) is 0 Å². The van der Waals surface area contributed by atoms with E-state index in [1.165, 1.54) is 0 Å². The van der Waals surface area contributed by atoms with Crippen LogP contribution in [-0.4, -0.2) is 5.91 Å². The molecule has 0 aliphatic carbocycles. The zero-order valence-electron chi connectivity index (χ0n) is 9.69. The van der Waals surface area contributed by atoms with E-state index in [1.807, 2.05) is 13.8 Å². The number of hydrogen-bond donors (Lipinski definition) is 1. The Hall–Kier alpha value is -0.970. The van der Waals surface area contributed by atoms with Crippen molar-refractivity contribution >= 4 is 27.5 Å². The van der Waals surface area contributed by atoms with E-state index in [1.54, 1.807) is 0 Å². The molecular weight excluding hydrogens is 292 g/mol. The Morgan fingerprint density at radius 3 is 2.18 bits per heavy atom. The van der Waals surface area contributed by atoms with Gasteiger partial charge in [-0.3, -0.25) is 4.79 Å². The first-order valence-corrected chi connectivity index (χ1v) is 6.24. The lowest BCUT2D eigenvalue weighted by Gasteiger charge is -2.13. The summed E-state index contributed by atoms with van der Waals surface area (Å²) in [7, 11) is 0. The first-order valence-electron chi connectivity index (χ1n) is 5.45. The van der Waals surface area contributed by atoms with E-state index in [9.17, 15) is 13.6 Å². The van der Waals surface area contributed by atoms with Crippen molar-refractivity contribution in [2.24, 2.45) is 5.92 Å². The molecule has 17 heavy (non-hydrogen) atoms. The fourth-order valence-electron chi connectivity index (χ4n) is 1.55. The lowest BCUT2D eigenvalue weighted by molar-refractivity contribution is -0.120. The molecule has 1 amide bonds. The first kappa shape index (κ1) is 14.1. The van der Waals surface area contributed by atoms with Crippen LogP contribution in [0.15, 0.2) is 16.6 Å². The zero-order chi connectivity index (χ0) is 13.0. The van der Waals surface area contributed by atoms with Gasteiger partial charge in [-0.15, -0.1) is 0 Å². The summed E-state index contributed by atoms with van der Waals surface area (Å²) in [4.78, 5) is 11.7. The highest BCUT2D eigenvalue weighted by atomic mass is 79.9. The lowest BCUT2D eigenvalue weighted by atomic mass is 10.0. The summed E-state index contributed by atoms with van der Waals surface area (Å²) >= 11 is 2.98. The highest BCUT2D eigenvalue weighted by molar-refractivity contribution is 9.10. The molecule has 1 rings (SSSR count). The molecule has 0 bridgehead atoms. The minimum atomic E-state index is -0.781. The van der Waals surface area contributed by atoms with Crippen molar-refractivity contribution in [1.29, 1.82) is 0 Å². The largest absolute Gasteiger partial charge is 0.321 e. The minimum absolute atomic E-state index is 0.225. The van der Waals surface area contributed by atoms with Crippen molar-refractivity contribution in [1.82, 2.24) is 0 Å². The van der Waals surface area contributed by atoms with Gasteiger partial charge in [0.1, 0.15) is 5.69 Å². The van der Waals surface area contributed by atoms with E-state index in [0.29, 0.717) is 17.3 Å². The minimum Gasteiger partial charge on any atom is -0.321 e. The molecule has 0 heterocycles. The molecule has 0 atom stereocenters. The van der Waals surface area contributed by atoms with Gasteiger partial charge in [0.05, 0.1) is 0 Å². The number of halogens is 3. The van der Waals surface area contributed by atoms with Gasteiger partial charge in [-0.2, -0.15) is 0 Å².